The number of carbonyl (C=O) groups is 1. The van der Waals surface area contributed by atoms with Crippen molar-refractivity contribution in [2.24, 2.45) is 5.50 Å². The highest BCUT2D eigenvalue weighted by Gasteiger charge is 2.26. The van der Waals surface area contributed by atoms with Crippen LogP contribution in [0.4, 0.5) is 0 Å². The summed E-state index contributed by atoms with van der Waals surface area (Å²) in [5, 5.41) is 0. The van der Waals surface area contributed by atoms with Gasteiger partial charge in [0.1, 0.15) is 5.78 Å². The van der Waals surface area contributed by atoms with Gasteiger partial charge in [-0.2, -0.15) is 0 Å². The molecular formula is C8H17Cl2N2O3P. The number of alkyl halides is 2. The lowest BCUT2D eigenvalue weighted by Gasteiger charge is -2.26. The molecule has 0 saturated carbocycles. The molecule has 0 fully saturated rings. The molecule has 96 valence electrons. The molecule has 0 aromatic rings. The molecule has 8 heteroatoms. The normalized spacial score (nSPS) is 15.1. The van der Waals surface area contributed by atoms with E-state index < -0.39 is 7.67 Å². The van der Waals surface area contributed by atoms with E-state index >= 15 is 0 Å². The Morgan fingerprint density at radius 1 is 1.38 bits per heavy atom. The molecule has 0 aliphatic carbocycles. The number of nitrogens with zero attached hydrogens (tertiary/aromatic N) is 1. The number of halogens is 2. The quantitative estimate of drug-likeness (QED) is 0.518. The predicted octanol–water partition coefficient (Wildman–Crippen LogP) is 1.83. The minimum absolute atomic E-state index is 0.0405. The molecule has 0 aromatic carbocycles. The summed E-state index contributed by atoms with van der Waals surface area (Å²) >= 11 is 11.1. The van der Waals surface area contributed by atoms with Crippen LogP contribution in [-0.2, 0) is 13.9 Å². The van der Waals surface area contributed by atoms with Crippen LogP contribution in [0.2, 0.25) is 0 Å². The van der Waals surface area contributed by atoms with Crippen molar-refractivity contribution >= 4 is 36.7 Å². The first-order valence-corrected chi connectivity index (χ1v) is 7.55. The van der Waals surface area contributed by atoms with E-state index in [-0.39, 0.29) is 30.6 Å². The molecule has 5 nitrogen and oxygen atoms in total. The summed E-state index contributed by atoms with van der Waals surface area (Å²) in [6.45, 7) is 2.15. The van der Waals surface area contributed by atoms with Gasteiger partial charge in [-0.1, -0.05) is 0 Å². The van der Waals surface area contributed by atoms with Gasteiger partial charge < -0.3 is 4.52 Å². The lowest BCUT2D eigenvalue weighted by Crippen LogP contribution is -2.29. The van der Waals surface area contributed by atoms with Gasteiger partial charge in [0.15, 0.2) is 0 Å². The van der Waals surface area contributed by atoms with Crippen LogP contribution in [-0.4, -0.2) is 41.9 Å². The highest BCUT2D eigenvalue weighted by atomic mass is 35.5. The second kappa shape index (κ2) is 8.45. The molecule has 16 heavy (non-hydrogen) atoms. The van der Waals surface area contributed by atoms with Crippen molar-refractivity contribution in [3.05, 3.63) is 0 Å². The van der Waals surface area contributed by atoms with E-state index in [1.165, 1.54) is 11.6 Å². The number of ketones is 1. The molecule has 0 spiro atoms. The lowest BCUT2D eigenvalue weighted by molar-refractivity contribution is -0.117. The SMILES string of the molecule is CC(=O)CCOP(N)(=O)N(CCCl)CCCl. The van der Waals surface area contributed by atoms with Crippen LogP contribution in [0.1, 0.15) is 13.3 Å². The van der Waals surface area contributed by atoms with E-state index in [0.717, 1.165) is 0 Å². The maximum Gasteiger partial charge on any atom is 0.340 e. The van der Waals surface area contributed by atoms with Gasteiger partial charge in [-0.3, -0.25) is 9.36 Å². The Morgan fingerprint density at radius 3 is 2.25 bits per heavy atom. The summed E-state index contributed by atoms with van der Waals surface area (Å²) in [6.07, 6.45) is 0.191. The molecule has 1 atom stereocenters. The van der Waals surface area contributed by atoms with Gasteiger partial charge in [-0.15, -0.1) is 23.2 Å². The highest BCUT2D eigenvalue weighted by molar-refractivity contribution is 7.53. The largest absolute Gasteiger partial charge is 0.340 e. The topological polar surface area (TPSA) is 72.6 Å². The molecule has 0 aliphatic heterocycles. The number of hydrogen-bond acceptors (Lipinski definition) is 3. The zero-order chi connectivity index (χ0) is 12.6. The second-order valence-electron chi connectivity index (χ2n) is 3.18. The maximum atomic E-state index is 11.9. The third kappa shape index (κ3) is 6.84. The van der Waals surface area contributed by atoms with Crippen LogP contribution in [0.15, 0.2) is 0 Å². The zero-order valence-electron chi connectivity index (χ0n) is 9.20. The van der Waals surface area contributed by atoms with E-state index in [1.807, 2.05) is 0 Å². The van der Waals surface area contributed by atoms with Crippen molar-refractivity contribution in [1.29, 1.82) is 0 Å². The molecule has 1 unspecified atom stereocenters. The minimum Gasteiger partial charge on any atom is -0.306 e. The first-order chi connectivity index (χ1) is 7.44. The van der Waals surface area contributed by atoms with Gasteiger partial charge in [0.05, 0.1) is 6.61 Å². The van der Waals surface area contributed by atoms with Crippen molar-refractivity contribution < 1.29 is 13.9 Å². The summed E-state index contributed by atoms with van der Waals surface area (Å²) in [5.41, 5.74) is 5.55. The van der Waals surface area contributed by atoms with Crippen molar-refractivity contribution in [1.82, 2.24) is 4.67 Å². The third-order valence-corrected chi connectivity index (χ3v) is 3.89. The molecule has 0 amide bonds. The number of Topliss-reactive ketones (excluding diaryl/α,β-unsaturated/α-hetero) is 1. The number of carbonyl (C=O) groups excluding carboxylic acids is 1. The van der Waals surface area contributed by atoms with Crippen LogP contribution in [0.3, 0.4) is 0 Å². The predicted molar refractivity (Wildman–Crippen MR) is 66.1 cm³/mol. The molecule has 2 N–H and O–H groups in total. The van der Waals surface area contributed by atoms with E-state index in [4.69, 9.17) is 33.2 Å². The van der Waals surface area contributed by atoms with Crippen molar-refractivity contribution in [3.8, 4) is 0 Å². The van der Waals surface area contributed by atoms with Crippen LogP contribution in [0.5, 0.6) is 0 Å². The first-order valence-electron chi connectivity index (χ1n) is 4.84. The van der Waals surface area contributed by atoms with Crippen LogP contribution in [0.25, 0.3) is 0 Å². The summed E-state index contributed by atoms with van der Waals surface area (Å²) in [7, 11) is -3.38. The number of rotatable bonds is 9. The molecule has 0 aliphatic rings. The Balaban J connectivity index is 4.23. The third-order valence-electron chi connectivity index (χ3n) is 1.81. The smallest absolute Gasteiger partial charge is 0.306 e. The Morgan fingerprint density at radius 2 is 1.88 bits per heavy atom. The minimum atomic E-state index is -3.38. The van der Waals surface area contributed by atoms with Gasteiger partial charge in [0, 0.05) is 31.3 Å². The van der Waals surface area contributed by atoms with Gasteiger partial charge >= 0.3 is 7.67 Å². The van der Waals surface area contributed by atoms with Crippen LogP contribution < -0.4 is 5.50 Å². The Hall–Kier alpha value is 0.360. The number of nitrogens with two attached hydrogens (primary N) is 1. The molecule has 0 saturated heterocycles. The summed E-state index contributed by atoms with van der Waals surface area (Å²) in [4.78, 5) is 10.7. The Kier molecular flexibility index (Phi) is 8.64. The molecule has 0 bridgehead atoms. The molecule has 0 rings (SSSR count). The first kappa shape index (κ1) is 16.4. The summed E-state index contributed by atoms with van der Waals surface area (Å²) in [6, 6.07) is 0. The maximum absolute atomic E-state index is 11.9. The molecule has 0 heterocycles. The van der Waals surface area contributed by atoms with Crippen molar-refractivity contribution in [2.45, 2.75) is 13.3 Å². The highest BCUT2D eigenvalue weighted by Crippen LogP contribution is 2.42. The van der Waals surface area contributed by atoms with Crippen molar-refractivity contribution in [2.75, 3.05) is 31.5 Å². The lowest BCUT2D eigenvalue weighted by atomic mass is 10.3. The molecule has 0 radical (unpaired) electrons. The Labute approximate surface area is 106 Å². The van der Waals surface area contributed by atoms with E-state index in [9.17, 15) is 9.36 Å². The fraction of sp³-hybridized carbons (Fsp3) is 0.875. The van der Waals surface area contributed by atoms with Gasteiger partial charge in [0.25, 0.3) is 0 Å². The number of hydrogen-bond donors (Lipinski definition) is 1. The zero-order valence-corrected chi connectivity index (χ0v) is 11.6. The van der Waals surface area contributed by atoms with Gasteiger partial charge in [-0.05, 0) is 6.92 Å². The Bertz CT molecular complexity index is 260. The summed E-state index contributed by atoms with van der Waals surface area (Å²) in [5.74, 6) is 0.531. The fourth-order valence-corrected chi connectivity index (χ4v) is 2.91. The van der Waals surface area contributed by atoms with Gasteiger partial charge in [0.2, 0.25) is 0 Å². The van der Waals surface area contributed by atoms with E-state index in [0.29, 0.717) is 13.1 Å². The van der Waals surface area contributed by atoms with E-state index in [1.54, 1.807) is 0 Å². The van der Waals surface area contributed by atoms with Gasteiger partial charge in [-0.25, -0.2) is 10.2 Å². The fourth-order valence-electron chi connectivity index (χ4n) is 0.988. The summed E-state index contributed by atoms with van der Waals surface area (Å²) < 4.78 is 18.4. The van der Waals surface area contributed by atoms with E-state index in [2.05, 4.69) is 0 Å². The monoisotopic (exact) mass is 290 g/mol. The van der Waals surface area contributed by atoms with Crippen molar-refractivity contribution in [3.63, 3.8) is 0 Å². The molecule has 0 aromatic heterocycles. The standard InChI is InChI=1S/C8H17Cl2N2O3P/c1-8(13)2-7-15-16(11,14)12(5-3-9)6-4-10/h2-7H2,1H3,(H2,11,14). The van der Waals surface area contributed by atoms with Crippen LogP contribution in [0, 0.1) is 0 Å². The average Bonchev–Trinajstić information content (AvgIpc) is 2.16. The average molecular weight is 291 g/mol. The second-order valence-corrected chi connectivity index (χ2v) is 5.89. The van der Waals surface area contributed by atoms with Crippen LogP contribution >= 0.6 is 30.9 Å². The molecular weight excluding hydrogens is 274 g/mol.